The molecule has 24 heavy (non-hydrogen) atoms. The molecule has 0 aromatic rings. The summed E-state index contributed by atoms with van der Waals surface area (Å²) in [6.07, 6.45) is 14.6. The number of hydrogen-bond acceptors (Lipinski definition) is 2. The highest BCUT2D eigenvalue weighted by molar-refractivity contribution is 5.80. The van der Waals surface area contributed by atoms with Crippen molar-refractivity contribution in [2.75, 3.05) is 13.1 Å². The Hall–Kier alpha value is -1.06. The van der Waals surface area contributed by atoms with Crippen LogP contribution in [-0.2, 0) is 9.59 Å². The lowest BCUT2D eigenvalue weighted by atomic mass is 9.84. The normalized spacial score (nSPS) is 29.8. The van der Waals surface area contributed by atoms with Crippen molar-refractivity contribution in [1.82, 2.24) is 10.2 Å². The fraction of sp³-hybridized carbons (Fsp3) is 0.900. The van der Waals surface area contributed by atoms with Gasteiger partial charge in [-0.15, -0.1) is 0 Å². The zero-order valence-electron chi connectivity index (χ0n) is 15.1. The molecule has 2 saturated carbocycles. The van der Waals surface area contributed by atoms with Crippen LogP contribution >= 0.6 is 0 Å². The number of amides is 2. The van der Waals surface area contributed by atoms with E-state index in [1.165, 1.54) is 44.9 Å². The topological polar surface area (TPSA) is 49.4 Å². The Kier molecular flexibility index (Phi) is 6.56. The second-order valence-electron chi connectivity index (χ2n) is 8.13. The summed E-state index contributed by atoms with van der Waals surface area (Å²) >= 11 is 0. The first-order valence-electron chi connectivity index (χ1n) is 10.3. The van der Waals surface area contributed by atoms with Crippen LogP contribution in [0.4, 0.5) is 0 Å². The fourth-order valence-electron chi connectivity index (χ4n) is 4.72. The highest BCUT2D eigenvalue weighted by atomic mass is 16.2. The third kappa shape index (κ3) is 4.73. The molecule has 0 radical (unpaired) electrons. The Morgan fingerprint density at radius 3 is 1.88 bits per heavy atom. The maximum Gasteiger partial charge on any atom is 0.225 e. The van der Waals surface area contributed by atoms with Gasteiger partial charge in [0.1, 0.15) is 0 Å². The number of carbonyl (C=O) groups excluding carboxylic acids is 2. The molecule has 1 saturated heterocycles. The molecule has 136 valence electrons. The molecule has 0 aromatic heterocycles. The standard InChI is InChI=1S/C20H34N2O2/c23-19(16-8-4-5-9-16)21-18-12-10-17(11-13-18)20(24)22-14-6-2-1-3-7-15-22/h16-18H,1-15H2,(H,21,23). The lowest BCUT2D eigenvalue weighted by molar-refractivity contribution is -0.137. The minimum atomic E-state index is 0.198. The molecular formula is C20H34N2O2. The molecule has 0 atom stereocenters. The summed E-state index contributed by atoms with van der Waals surface area (Å²) in [5.41, 5.74) is 0. The highest BCUT2D eigenvalue weighted by Gasteiger charge is 2.31. The van der Waals surface area contributed by atoms with Crippen LogP contribution < -0.4 is 5.32 Å². The largest absolute Gasteiger partial charge is 0.353 e. The van der Waals surface area contributed by atoms with Gasteiger partial charge in [-0.2, -0.15) is 0 Å². The summed E-state index contributed by atoms with van der Waals surface area (Å²) < 4.78 is 0. The molecule has 3 fully saturated rings. The molecule has 0 bridgehead atoms. The van der Waals surface area contributed by atoms with Gasteiger partial charge >= 0.3 is 0 Å². The van der Waals surface area contributed by atoms with Crippen molar-refractivity contribution >= 4 is 11.8 Å². The molecule has 2 amide bonds. The lowest BCUT2D eigenvalue weighted by Gasteiger charge is -2.33. The summed E-state index contributed by atoms with van der Waals surface area (Å²) in [5.74, 6) is 1.11. The van der Waals surface area contributed by atoms with Crippen LogP contribution in [0.2, 0.25) is 0 Å². The Labute approximate surface area is 146 Å². The van der Waals surface area contributed by atoms with Crippen molar-refractivity contribution in [2.45, 2.75) is 89.5 Å². The van der Waals surface area contributed by atoms with Crippen molar-refractivity contribution < 1.29 is 9.59 Å². The molecule has 0 unspecified atom stereocenters. The van der Waals surface area contributed by atoms with E-state index in [9.17, 15) is 9.59 Å². The number of likely N-dealkylation sites (tertiary alicyclic amines) is 1. The maximum absolute atomic E-state index is 12.8. The molecule has 1 aliphatic heterocycles. The summed E-state index contributed by atoms with van der Waals surface area (Å²) in [7, 11) is 0. The van der Waals surface area contributed by atoms with Crippen LogP contribution in [-0.4, -0.2) is 35.8 Å². The van der Waals surface area contributed by atoms with Gasteiger partial charge in [-0.1, -0.05) is 32.1 Å². The number of nitrogens with one attached hydrogen (secondary N) is 1. The molecule has 3 aliphatic rings. The van der Waals surface area contributed by atoms with Crippen molar-refractivity contribution in [3.05, 3.63) is 0 Å². The monoisotopic (exact) mass is 334 g/mol. The van der Waals surface area contributed by atoms with Crippen molar-refractivity contribution in [2.24, 2.45) is 11.8 Å². The first-order chi connectivity index (χ1) is 11.7. The second kappa shape index (κ2) is 8.87. The zero-order valence-corrected chi connectivity index (χ0v) is 15.1. The molecule has 1 N–H and O–H groups in total. The number of hydrogen-bond donors (Lipinski definition) is 1. The van der Waals surface area contributed by atoms with Gasteiger partial charge in [0.05, 0.1) is 0 Å². The third-order valence-electron chi connectivity index (χ3n) is 6.32. The third-order valence-corrected chi connectivity index (χ3v) is 6.32. The summed E-state index contributed by atoms with van der Waals surface area (Å²) in [6.45, 7) is 1.91. The molecule has 4 nitrogen and oxygen atoms in total. The molecule has 2 aliphatic carbocycles. The van der Waals surface area contributed by atoms with Crippen LogP contribution in [0, 0.1) is 11.8 Å². The Bertz CT molecular complexity index is 415. The zero-order chi connectivity index (χ0) is 16.8. The van der Waals surface area contributed by atoms with E-state index in [0.717, 1.165) is 51.6 Å². The van der Waals surface area contributed by atoms with Crippen molar-refractivity contribution in [3.63, 3.8) is 0 Å². The van der Waals surface area contributed by atoms with Crippen molar-refractivity contribution in [1.29, 1.82) is 0 Å². The first-order valence-corrected chi connectivity index (χ1v) is 10.3. The molecule has 0 spiro atoms. The minimum Gasteiger partial charge on any atom is -0.353 e. The highest BCUT2D eigenvalue weighted by Crippen LogP contribution is 2.29. The van der Waals surface area contributed by atoms with Gasteiger partial charge in [-0.3, -0.25) is 9.59 Å². The smallest absolute Gasteiger partial charge is 0.225 e. The van der Waals surface area contributed by atoms with Gasteiger partial charge in [0.2, 0.25) is 11.8 Å². The quantitative estimate of drug-likeness (QED) is 0.856. The predicted octanol–water partition coefficient (Wildman–Crippen LogP) is 3.64. The van der Waals surface area contributed by atoms with E-state index in [4.69, 9.17) is 0 Å². The van der Waals surface area contributed by atoms with Crippen LogP contribution in [0.5, 0.6) is 0 Å². The summed E-state index contributed by atoms with van der Waals surface area (Å²) in [5, 5.41) is 3.25. The van der Waals surface area contributed by atoms with Gasteiger partial charge in [-0.05, 0) is 51.4 Å². The van der Waals surface area contributed by atoms with Gasteiger partial charge in [0.25, 0.3) is 0 Å². The van der Waals surface area contributed by atoms with Crippen LogP contribution in [0.1, 0.15) is 83.5 Å². The molecular weight excluding hydrogens is 300 g/mol. The predicted molar refractivity (Wildman–Crippen MR) is 95.5 cm³/mol. The van der Waals surface area contributed by atoms with E-state index in [1.54, 1.807) is 0 Å². The summed E-state index contributed by atoms with van der Waals surface area (Å²) in [4.78, 5) is 27.2. The van der Waals surface area contributed by atoms with E-state index in [1.807, 2.05) is 0 Å². The number of nitrogens with zero attached hydrogens (tertiary/aromatic N) is 1. The van der Waals surface area contributed by atoms with Crippen LogP contribution in [0.3, 0.4) is 0 Å². The van der Waals surface area contributed by atoms with Gasteiger partial charge in [0, 0.05) is 31.0 Å². The van der Waals surface area contributed by atoms with E-state index >= 15 is 0 Å². The van der Waals surface area contributed by atoms with Crippen LogP contribution in [0.15, 0.2) is 0 Å². The minimum absolute atomic E-state index is 0.198. The molecule has 3 rings (SSSR count). The Morgan fingerprint density at radius 2 is 1.25 bits per heavy atom. The molecule has 4 heteroatoms. The second-order valence-corrected chi connectivity index (χ2v) is 8.13. The van der Waals surface area contributed by atoms with Crippen molar-refractivity contribution in [3.8, 4) is 0 Å². The Balaban J connectivity index is 1.42. The van der Waals surface area contributed by atoms with E-state index in [-0.39, 0.29) is 17.7 Å². The average molecular weight is 335 g/mol. The van der Waals surface area contributed by atoms with Gasteiger partial charge < -0.3 is 10.2 Å². The fourth-order valence-corrected chi connectivity index (χ4v) is 4.72. The summed E-state index contributed by atoms with van der Waals surface area (Å²) in [6, 6.07) is 0.300. The van der Waals surface area contributed by atoms with E-state index in [2.05, 4.69) is 10.2 Å². The van der Waals surface area contributed by atoms with Crippen LogP contribution in [0.25, 0.3) is 0 Å². The molecule has 0 aromatic carbocycles. The first kappa shape index (κ1) is 17.8. The number of rotatable bonds is 3. The lowest BCUT2D eigenvalue weighted by Crippen LogP contribution is -2.44. The maximum atomic E-state index is 12.8. The molecule has 1 heterocycles. The Morgan fingerprint density at radius 1 is 0.667 bits per heavy atom. The van der Waals surface area contributed by atoms with E-state index < -0.39 is 0 Å². The SMILES string of the molecule is O=C(NC1CCC(C(=O)N2CCCCCCC2)CC1)C1CCCC1. The van der Waals surface area contributed by atoms with Gasteiger partial charge in [0.15, 0.2) is 0 Å². The van der Waals surface area contributed by atoms with E-state index in [0.29, 0.717) is 11.9 Å². The van der Waals surface area contributed by atoms with Gasteiger partial charge in [-0.25, -0.2) is 0 Å². The average Bonchev–Trinajstić information content (AvgIpc) is 3.09. The number of carbonyl (C=O) groups is 2.